The molecule has 0 amide bonds. The summed E-state index contributed by atoms with van der Waals surface area (Å²) >= 11 is 0. The van der Waals surface area contributed by atoms with Gasteiger partial charge >= 0.3 is 6.18 Å². The van der Waals surface area contributed by atoms with Gasteiger partial charge in [0.1, 0.15) is 11.7 Å². The molecule has 0 unspecified atom stereocenters. The number of hydrogen-bond donors (Lipinski definition) is 1. The lowest BCUT2D eigenvalue weighted by atomic mass is 9.84. The second-order valence-electron chi connectivity index (χ2n) is 6.79. The quantitative estimate of drug-likeness (QED) is 0.769. The smallest absolute Gasteiger partial charge is 0.385 e. The Morgan fingerprint density at radius 2 is 1.67 bits per heavy atom. The minimum atomic E-state index is -4.62. The van der Waals surface area contributed by atoms with Gasteiger partial charge in [-0.2, -0.15) is 22.9 Å². The fourth-order valence-corrected chi connectivity index (χ4v) is 3.54. The molecule has 0 saturated carbocycles. The van der Waals surface area contributed by atoms with Crippen molar-refractivity contribution in [1.82, 2.24) is 19.8 Å². The molecule has 27 heavy (non-hydrogen) atoms. The molecular formula is C17H17F4N5O. The van der Waals surface area contributed by atoms with Crippen LogP contribution in [0.5, 0.6) is 0 Å². The maximum Gasteiger partial charge on any atom is 0.453 e. The number of rotatable bonds is 1. The van der Waals surface area contributed by atoms with Crippen LogP contribution >= 0.6 is 0 Å². The molecule has 1 fully saturated rings. The highest BCUT2D eigenvalue weighted by atomic mass is 19.4. The van der Waals surface area contributed by atoms with Crippen molar-refractivity contribution < 1.29 is 22.7 Å². The predicted molar refractivity (Wildman–Crippen MR) is 87.3 cm³/mol. The van der Waals surface area contributed by atoms with Crippen molar-refractivity contribution in [2.75, 3.05) is 13.1 Å². The van der Waals surface area contributed by atoms with Gasteiger partial charge in [-0.3, -0.25) is 0 Å². The molecule has 3 heterocycles. The molecule has 1 N–H and O–H groups in total. The third-order valence-electron chi connectivity index (χ3n) is 5.08. The average Bonchev–Trinajstić information content (AvgIpc) is 3.06. The first kappa shape index (κ1) is 17.9. The van der Waals surface area contributed by atoms with Crippen molar-refractivity contribution in [3.05, 3.63) is 47.3 Å². The van der Waals surface area contributed by atoms with Gasteiger partial charge < -0.3 is 10.0 Å². The molecule has 2 aliphatic heterocycles. The highest BCUT2D eigenvalue weighted by molar-refractivity contribution is 5.83. The van der Waals surface area contributed by atoms with E-state index in [0.29, 0.717) is 50.2 Å². The van der Waals surface area contributed by atoms with E-state index < -0.39 is 17.6 Å². The van der Waals surface area contributed by atoms with Crippen LogP contribution in [-0.4, -0.2) is 43.8 Å². The summed E-state index contributed by atoms with van der Waals surface area (Å²) in [6.45, 7) is 0.872. The first-order valence-electron chi connectivity index (χ1n) is 8.59. The maximum atomic E-state index is 13.1. The number of aryl methyl sites for hydroxylation is 1. The Kier molecular flexibility index (Phi) is 4.17. The maximum absolute atomic E-state index is 13.1. The van der Waals surface area contributed by atoms with E-state index in [1.807, 2.05) is 4.90 Å². The number of alkyl halides is 3. The van der Waals surface area contributed by atoms with E-state index in [9.17, 15) is 22.7 Å². The van der Waals surface area contributed by atoms with Gasteiger partial charge in [0.25, 0.3) is 5.82 Å². The number of aromatic nitrogens is 3. The van der Waals surface area contributed by atoms with E-state index in [0.717, 1.165) is 4.68 Å². The van der Waals surface area contributed by atoms with Crippen LogP contribution in [0, 0.1) is 5.82 Å². The lowest BCUT2D eigenvalue weighted by Gasteiger charge is -2.40. The van der Waals surface area contributed by atoms with Gasteiger partial charge in [-0.25, -0.2) is 4.39 Å². The minimum absolute atomic E-state index is 0.186. The van der Waals surface area contributed by atoms with Gasteiger partial charge in [-0.15, -0.1) is 10.2 Å². The van der Waals surface area contributed by atoms with Gasteiger partial charge in [0.2, 0.25) is 0 Å². The molecule has 1 aromatic carbocycles. The largest absolute Gasteiger partial charge is 0.453 e. The second-order valence-corrected chi connectivity index (χ2v) is 6.79. The summed E-state index contributed by atoms with van der Waals surface area (Å²) in [5.74, 6) is -0.795. The zero-order chi connectivity index (χ0) is 19.2. The van der Waals surface area contributed by atoms with Crippen molar-refractivity contribution in [3.8, 4) is 0 Å². The van der Waals surface area contributed by atoms with Crippen LogP contribution in [0.1, 0.15) is 36.5 Å². The molecule has 0 bridgehead atoms. The first-order valence-corrected chi connectivity index (χ1v) is 8.59. The average molecular weight is 383 g/mol. The molecular weight excluding hydrogens is 366 g/mol. The number of benzene rings is 1. The Balaban J connectivity index is 1.52. The van der Waals surface area contributed by atoms with Crippen LogP contribution in [0.3, 0.4) is 0 Å². The normalized spacial score (nSPS) is 19.6. The number of nitrogens with zero attached hydrogens (tertiary/aromatic N) is 5. The van der Waals surface area contributed by atoms with Crippen LogP contribution in [0.15, 0.2) is 29.4 Å². The lowest BCUT2D eigenvalue weighted by Crippen LogP contribution is -2.46. The van der Waals surface area contributed by atoms with E-state index in [1.165, 1.54) is 12.1 Å². The van der Waals surface area contributed by atoms with Crippen molar-refractivity contribution in [3.63, 3.8) is 0 Å². The Morgan fingerprint density at radius 3 is 2.30 bits per heavy atom. The van der Waals surface area contributed by atoms with Crippen LogP contribution < -0.4 is 0 Å². The third kappa shape index (κ3) is 3.29. The Labute approximate surface area is 152 Å². The molecule has 0 atom stereocenters. The van der Waals surface area contributed by atoms with Crippen molar-refractivity contribution in [2.24, 2.45) is 5.10 Å². The van der Waals surface area contributed by atoms with E-state index in [-0.39, 0.29) is 11.6 Å². The SMILES string of the molecule is OC1(c2ccc(F)cc2)CCN(C2=Nn3c(nnc3C(F)(F)F)CC2)CC1. The van der Waals surface area contributed by atoms with Gasteiger partial charge in [-0.05, 0) is 30.5 Å². The molecule has 0 spiro atoms. The molecule has 4 rings (SSSR count). The fourth-order valence-electron chi connectivity index (χ4n) is 3.54. The van der Waals surface area contributed by atoms with Crippen LogP contribution in [0.4, 0.5) is 17.6 Å². The van der Waals surface area contributed by atoms with E-state index in [1.54, 1.807) is 12.1 Å². The summed E-state index contributed by atoms with van der Waals surface area (Å²) < 4.78 is 53.0. The topological polar surface area (TPSA) is 66.5 Å². The van der Waals surface area contributed by atoms with Crippen molar-refractivity contribution >= 4 is 5.84 Å². The lowest BCUT2D eigenvalue weighted by molar-refractivity contribution is -0.147. The number of aliphatic hydroxyl groups is 1. The number of likely N-dealkylation sites (tertiary alicyclic amines) is 1. The van der Waals surface area contributed by atoms with Gasteiger partial charge in [0.05, 0.1) is 5.60 Å². The number of hydrogen-bond acceptors (Lipinski definition) is 5. The zero-order valence-corrected chi connectivity index (χ0v) is 14.2. The summed E-state index contributed by atoms with van der Waals surface area (Å²) in [6.07, 6.45) is -3.09. The summed E-state index contributed by atoms with van der Waals surface area (Å²) in [5, 5.41) is 21.8. The molecule has 0 radical (unpaired) electrons. The molecule has 1 saturated heterocycles. The number of fused-ring (bicyclic) bond motifs is 1. The fraction of sp³-hybridized carbons (Fsp3) is 0.471. The van der Waals surface area contributed by atoms with Crippen LogP contribution in [0.25, 0.3) is 0 Å². The summed E-state index contributed by atoms with van der Waals surface area (Å²) in [7, 11) is 0. The standard InChI is InChI=1S/C17H17F4N5O/c18-12-3-1-11(2-4-12)16(27)7-9-25(10-8-16)14-6-5-13-22-23-15(17(19,20)21)26(13)24-14/h1-4,27H,5-10H2. The van der Waals surface area contributed by atoms with Crippen LogP contribution in [-0.2, 0) is 18.2 Å². The van der Waals surface area contributed by atoms with Crippen LogP contribution in [0.2, 0.25) is 0 Å². The molecule has 144 valence electrons. The predicted octanol–water partition coefficient (Wildman–Crippen LogP) is 2.53. The molecule has 6 nitrogen and oxygen atoms in total. The number of halogens is 4. The molecule has 10 heteroatoms. The van der Waals surface area contributed by atoms with Crippen molar-refractivity contribution in [2.45, 2.75) is 37.5 Å². The third-order valence-corrected chi connectivity index (χ3v) is 5.08. The molecule has 2 aromatic rings. The van der Waals surface area contributed by atoms with Crippen molar-refractivity contribution in [1.29, 1.82) is 0 Å². The Bertz CT molecular complexity index is 866. The Morgan fingerprint density at radius 1 is 1.00 bits per heavy atom. The van der Waals surface area contributed by atoms with E-state index in [4.69, 9.17) is 0 Å². The highest BCUT2D eigenvalue weighted by Gasteiger charge is 2.40. The summed E-state index contributed by atoms with van der Waals surface area (Å²) in [5.41, 5.74) is -0.451. The molecule has 1 aromatic heterocycles. The molecule has 0 aliphatic carbocycles. The molecule has 2 aliphatic rings. The summed E-state index contributed by atoms with van der Waals surface area (Å²) in [6, 6.07) is 5.72. The number of amidine groups is 1. The van der Waals surface area contributed by atoms with Gasteiger partial charge in [-0.1, -0.05) is 12.1 Å². The van der Waals surface area contributed by atoms with Gasteiger partial charge in [0.15, 0.2) is 5.82 Å². The first-order chi connectivity index (χ1) is 12.8. The van der Waals surface area contributed by atoms with E-state index >= 15 is 0 Å². The monoisotopic (exact) mass is 383 g/mol. The second kappa shape index (κ2) is 6.29. The zero-order valence-electron chi connectivity index (χ0n) is 14.2. The Hall–Kier alpha value is -2.49. The highest BCUT2D eigenvalue weighted by Crippen LogP contribution is 2.34. The van der Waals surface area contributed by atoms with Gasteiger partial charge in [0, 0.05) is 25.9 Å². The minimum Gasteiger partial charge on any atom is -0.385 e. The number of piperidine rings is 1. The van der Waals surface area contributed by atoms with E-state index in [2.05, 4.69) is 15.3 Å². The summed E-state index contributed by atoms with van der Waals surface area (Å²) in [4.78, 5) is 1.88.